The van der Waals surface area contributed by atoms with Crippen molar-refractivity contribution in [2.24, 2.45) is 0 Å². The predicted molar refractivity (Wildman–Crippen MR) is 288 cm³/mol. The molecule has 69 heavy (non-hydrogen) atoms. The highest BCUT2D eigenvalue weighted by Gasteiger charge is 2.34. The molecule has 0 aliphatic heterocycles. The van der Waals surface area contributed by atoms with Crippen molar-refractivity contribution in [1.29, 1.82) is 5.26 Å². The van der Waals surface area contributed by atoms with E-state index in [2.05, 4.69) is 218 Å². The number of fused-ring (bicyclic) bond motifs is 15. The molecule has 0 aliphatic carbocycles. The molecule has 10 aromatic carbocycles. The maximum atomic E-state index is 12.4. The van der Waals surface area contributed by atoms with Crippen LogP contribution in [0.1, 0.15) is 5.56 Å². The Morgan fingerprint density at radius 3 is 1.10 bits per heavy atom. The number of para-hydroxylation sites is 7. The number of nitrogens with zero attached hydrogens (tertiary/aromatic N) is 6. The first-order valence-electron chi connectivity index (χ1n) is 23.0. The number of thiophene rings is 1. The molecule has 0 N–H and O–H groups in total. The molecule has 0 saturated carbocycles. The van der Waals surface area contributed by atoms with Crippen LogP contribution in [-0.4, -0.2) is 18.3 Å². The zero-order valence-corrected chi connectivity index (χ0v) is 37.5. The Hall–Kier alpha value is -9.40. The van der Waals surface area contributed by atoms with Crippen LogP contribution in [0.3, 0.4) is 0 Å². The molecule has 0 aliphatic rings. The summed E-state index contributed by atoms with van der Waals surface area (Å²) in [6.45, 7) is 9.61. The lowest BCUT2D eigenvalue weighted by Crippen LogP contribution is -2.14. The third-order valence-electron chi connectivity index (χ3n) is 14.4. The normalized spacial score (nSPS) is 12.0. The smallest absolute Gasteiger partial charge is 0.237 e. The van der Waals surface area contributed by atoms with Crippen LogP contribution in [0.2, 0.25) is 0 Å². The van der Waals surface area contributed by atoms with E-state index in [-0.39, 0.29) is 0 Å². The van der Waals surface area contributed by atoms with E-state index in [0.29, 0.717) is 28.3 Å². The van der Waals surface area contributed by atoms with Gasteiger partial charge < -0.3 is 18.3 Å². The van der Waals surface area contributed by atoms with Crippen molar-refractivity contribution >= 4 is 124 Å². The standard InChI is InChI=1S/C62H34N6S/c1-64-58-59(65-48-26-10-2-18-37(48)38-19-3-11-27-49(38)65)47(36-63)60(68-54-32-16-8-24-43(54)45-34-46-44-25-9-17-33-56(44)69-57(46)35-55(45)68)62(67-52-30-14-6-22-41(52)42-23-7-15-31-53(42)67)61(58)66-50-28-12-4-20-39(50)40-21-5-13-29-51(40)66/h2-35H. The lowest BCUT2D eigenvalue weighted by Gasteiger charge is -2.27. The van der Waals surface area contributed by atoms with Gasteiger partial charge in [-0.15, -0.1) is 11.3 Å². The Kier molecular flexibility index (Phi) is 7.70. The first-order chi connectivity index (χ1) is 34.2. The zero-order valence-electron chi connectivity index (χ0n) is 36.7. The summed E-state index contributed by atoms with van der Waals surface area (Å²) in [5.74, 6) is 0. The summed E-state index contributed by atoms with van der Waals surface area (Å²) in [5.41, 5.74) is 11.1. The molecule has 0 bridgehead atoms. The molecule has 0 spiro atoms. The number of hydrogen-bond donors (Lipinski definition) is 0. The summed E-state index contributed by atoms with van der Waals surface area (Å²) in [7, 11) is 0. The van der Waals surface area contributed by atoms with Crippen LogP contribution in [-0.2, 0) is 0 Å². The number of rotatable bonds is 4. The summed E-state index contributed by atoms with van der Waals surface area (Å²) in [6, 6.07) is 75.6. The van der Waals surface area contributed by atoms with Crippen molar-refractivity contribution in [3.05, 3.63) is 223 Å². The maximum absolute atomic E-state index is 12.4. The average Bonchev–Trinajstić information content (AvgIpc) is 4.20. The average molecular weight is 895 g/mol. The molecule has 0 unspecified atom stereocenters. The fourth-order valence-corrected chi connectivity index (χ4v) is 12.8. The molecule has 0 saturated heterocycles. The van der Waals surface area contributed by atoms with E-state index in [9.17, 15) is 11.8 Å². The summed E-state index contributed by atoms with van der Waals surface area (Å²) in [4.78, 5) is 4.70. The molecule has 15 rings (SSSR count). The lowest BCUT2D eigenvalue weighted by molar-refractivity contribution is 1.03. The van der Waals surface area contributed by atoms with Gasteiger partial charge >= 0.3 is 0 Å². The number of nitriles is 1. The monoisotopic (exact) mass is 894 g/mol. The molecule has 0 atom stereocenters. The fraction of sp³-hybridized carbons (Fsp3) is 0. The third-order valence-corrected chi connectivity index (χ3v) is 15.5. The van der Waals surface area contributed by atoms with Crippen LogP contribution in [0.15, 0.2) is 206 Å². The van der Waals surface area contributed by atoms with Crippen LogP contribution >= 0.6 is 11.3 Å². The highest BCUT2D eigenvalue weighted by atomic mass is 32.1. The molecular weight excluding hydrogens is 861 g/mol. The first kappa shape index (κ1) is 37.8. The van der Waals surface area contributed by atoms with Gasteiger partial charge in [0, 0.05) is 63.3 Å². The van der Waals surface area contributed by atoms with Gasteiger partial charge in [0.1, 0.15) is 6.07 Å². The van der Waals surface area contributed by atoms with Crippen molar-refractivity contribution in [2.75, 3.05) is 0 Å². The van der Waals surface area contributed by atoms with Crippen molar-refractivity contribution in [3.63, 3.8) is 0 Å². The van der Waals surface area contributed by atoms with Crippen LogP contribution in [0.5, 0.6) is 0 Å². The van der Waals surface area contributed by atoms with Gasteiger partial charge in [-0.3, -0.25) is 0 Å². The Labute approximate surface area is 398 Å². The van der Waals surface area contributed by atoms with Crippen molar-refractivity contribution < 1.29 is 0 Å². The van der Waals surface area contributed by atoms with Gasteiger partial charge in [0.25, 0.3) is 0 Å². The lowest BCUT2D eigenvalue weighted by atomic mass is 10.0. The molecule has 318 valence electrons. The molecule has 15 aromatic rings. The van der Waals surface area contributed by atoms with E-state index in [0.717, 1.165) is 97.6 Å². The van der Waals surface area contributed by atoms with Crippen molar-refractivity contribution in [2.45, 2.75) is 0 Å². The van der Waals surface area contributed by atoms with Gasteiger partial charge in [-0.1, -0.05) is 146 Å². The first-order valence-corrected chi connectivity index (χ1v) is 23.9. The molecule has 0 radical (unpaired) electrons. The minimum absolute atomic E-state index is 0.373. The van der Waals surface area contributed by atoms with Gasteiger partial charge in [0.2, 0.25) is 5.69 Å². The minimum atomic E-state index is 0.373. The van der Waals surface area contributed by atoms with Crippen molar-refractivity contribution in [1.82, 2.24) is 18.3 Å². The zero-order chi connectivity index (χ0) is 45.5. The van der Waals surface area contributed by atoms with Gasteiger partial charge in [-0.05, 0) is 60.7 Å². The summed E-state index contributed by atoms with van der Waals surface area (Å²) < 4.78 is 11.6. The quantitative estimate of drug-likeness (QED) is 0.162. The number of aromatic nitrogens is 4. The number of hydrogen-bond acceptors (Lipinski definition) is 2. The molecule has 7 heteroatoms. The van der Waals surface area contributed by atoms with Crippen molar-refractivity contribution in [3.8, 4) is 28.8 Å². The van der Waals surface area contributed by atoms with Crippen LogP contribution < -0.4 is 0 Å². The van der Waals surface area contributed by atoms with E-state index in [1.54, 1.807) is 11.3 Å². The maximum Gasteiger partial charge on any atom is 0.237 e. The molecule has 5 heterocycles. The highest BCUT2D eigenvalue weighted by Crippen LogP contribution is 2.52. The van der Waals surface area contributed by atoms with Crippen LogP contribution in [0.4, 0.5) is 5.69 Å². The molecular formula is C62H34N6S. The van der Waals surface area contributed by atoms with E-state index < -0.39 is 0 Å². The van der Waals surface area contributed by atoms with E-state index in [4.69, 9.17) is 4.85 Å². The summed E-state index contributed by atoms with van der Waals surface area (Å²) in [6.07, 6.45) is 0. The van der Waals surface area contributed by atoms with Gasteiger partial charge in [0.05, 0.1) is 79.0 Å². The second kappa shape index (κ2) is 14.1. The van der Waals surface area contributed by atoms with E-state index in [1.165, 1.54) is 15.5 Å². The van der Waals surface area contributed by atoms with Gasteiger partial charge in [0.15, 0.2) is 0 Å². The third kappa shape index (κ3) is 4.96. The van der Waals surface area contributed by atoms with Crippen LogP contribution in [0.25, 0.3) is 135 Å². The van der Waals surface area contributed by atoms with E-state index in [1.807, 2.05) is 12.1 Å². The Bertz CT molecular complexity index is 4660. The topological polar surface area (TPSA) is 47.9 Å². The Balaban J connectivity index is 1.28. The highest BCUT2D eigenvalue weighted by molar-refractivity contribution is 7.25. The van der Waals surface area contributed by atoms with Gasteiger partial charge in [-0.2, -0.15) is 5.26 Å². The molecule has 6 nitrogen and oxygen atoms in total. The fourth-order valence-electron chi connectivity index (χ4n) is 11.7. The molecule has 0 amide bonds. The van der Waals surface area contributed by atoms with E-state index >= 15 is 0 Å². The molecule has 0 fully saturated rings. The second-order valence-electron chi connectivity index (χ2n) is 17.8. The summed E-state index contributed by atoms with van der Waals surface area (Å²) in [5, 5.41) is 23.4. The Morgan fingerprint density at radius 2 is 0.681 bits per heavy atom. The van der Waals surface area contributed by atoms with Gasteiger partial charge in [-0.25, -0.2) is 4.85 Å². The summed E-state index contributed by atoms with van der Waals surface area (Å²) >= 11 is 1.79. The largest absolute Gasteiger partial charge is 0.318 e. The predicted octanol–water partition coefficient (Wildman–Crippen LogP) is 16.9. The Morgan fingerprint density at radius 1 is 0.333 bits per heavy atom. The minimum Gasteiger partial charge on any atom is -0.318 e. The second-order valence-corrected chi connectivity index (χ2v) is 18.9. The number of benzene rings is 10. The molecule has 5 aromatic heterocycles. The van der Waals surface area contributed by atoms with Crippen LogP contribution in [0, 0.1) is 17.9 Å². The SMILES string of the molecule is [C-]#[N+]c1c(-n2c3ccccc3c3ccccc32)c(C#N)c(-n2c3ccccc3c3cc4c(cc32)sc2ccccc24)c(-n2c3ccccc3c3ccccc32)c1-n1c2ccccc2c2ccccc21.